The number of rotatable bonds is 7. The number of nitrogens with zero attached hydrogens (tertiary/aromatic N) is 5. The summed E-state index contributed by atoms with van der Waals surface area (Å²) in [7, 11) is 0. The van der Waals surface area contributed by atoms with Crippen LogP contribution in [0.5, 0.6) is 0 Å². The first-order chi connectivity index (χ1) is 16.7. The van der Waals surface area contributed by atoms with Gasteiger partial charge in [0.25, 0.3) is 0 Å². The molecule has 1 unspecified atom stereocenters. The summed E-state index contributed by atoms with van der Waals surface area (Å²) in [4.78, 5) is 35.7. The van der Waals surface area contributed by atoms with Crippen LogP contribution >= 0.6 is 0 Å². The quantitative estimate of drug-likeness (QED) is 0.569. The van der Waals surface area contributed by atoms with Crippen molar-refractivity contribution >= 4 is 24.0 Å². The average Bonchev–Trinajstić information content (AvgIpc) is 3.21. The van der Waals surface area contributed by atoms with Crippen molar-refractivity contribution in [2.75, 3.05) is 43.0 Å². The highest BCUT2D eigenvalue weighted by atomic mass is 19.1. The minimum Gasteiger partial charge on any atom is -0.465 e. The van der Waals surface area contributed by atoms with Crippen LogP contribution in [0.15, 0.2) is 30.3 Å². The van der Waals surface area contributed by atoms with Gasteiger partial charge >= 0.3 is 12.2 Å². The summed E-state index contributed by atoms with van der Waals surface area (Å²) in [5.41, 5.74) is 2.00. The fourth-order valence-corrected chi connectivity index (χ4v) is 4.18. The van der Waals surface area contributed by atoms with Crippen molar-refractivity contribution in [1.29, 1.82) is 0 Å². The molecule has 2 N–H and O–H groups in total. The largest absolute Gasteiger partial charge is 0.465 e. The number of hydrogen-bond donors (Lipinski definition) is 2. The second-order valence-corrected chi connectivity index (χ2v) is 8.72. The zero-order valence-electron chi connectivity index (χ0n) is 19.5. The highest BCUT2D eigenvalue weighted by Gasteiger charge is 2.39. The molecule has 4 rings (SSSR count). The number of piperazine rings is 1. The van der Waals surface area contributed by atoms with Gasteiger partial charge in [0.15, 0.2) is 0 Å². The van der Waals surface area contributed by atoms with E-state index in [1.165, 1.54) is 11.8 Å². The van der Waals surface area contributed by atoms with Gasteiger partial charge in [-0.25, -0.2) is 14.0 Å². The Morgan fingerprint density at radius 1 is 1.20 bits per heavy atom. The van der Waals surface area contributed by atoms with Crippen molar-refractivity contribution < 1.29 is 28.2 Å². The maximum absolute atomic E-state index is 14.2. The molecular formula is C23H28F2N6O4. The van der Waals surface area contributed by atoms with Gasteiger partial charge in [0.1, 0.15) is 24.6 Å². The Balaban J connectivity index is 1.39. The summed E-state index contributed by atoms with van der Waals surface area (Å²) in [6.45, 7) is 6.08. The van der Waals surface area contributed by atoms with Gasteiger partial charge in [-0.3, -0.25) is 9.80 Å². The Labute approximate surface area is 201 Å². The molecule has 2 aliphatic rings. The SMILES string of the molecule is C[C@H](Nc1nc(F)cc(N2C(=O)OCC2[C@H](C)F)n1)c1ccc(CN2CCN(C(=O)O)CC2)cc1. The van der Waals surface area contributed by atoms with Crippen LogP contribution in [-0.2, 0) is 11.3 Å². The molecule has 0 saturated carbocycles. The van der Waals surface area contributed by atoms with Gasteiger partial charge in [-0.15, -0.1) is 0 Å². The fraction of sp³-hybridized carbons (Fsp3) is 0.478. The number of benzene rings is 1. The van der Waals surface area contributed by atoms with E-state index in [1.807, 2.05) is 31.2 Å². The van der Waals surface area contributed by atoms with Gasteiger partial charge in [-0.05, 0) is 25.0 Å². The second-order valence-electron chi connectivity index (χ2n) is 8.72. The molecule has 0 bridgehead atoms. The summed E-state index contributed by atoms with van der Waals surface area (Å²) in [6.07, 6.45) is -3.05. The first-order valence-corrected chi connectivity index (χ1v) is 11.4. The van der Waals surface area contributed by atoms with E-state index in [-0.39, 0.29) is 24.4 Å². The van der Waals surface area contributed by atoms with E-state index in [4.69, 9.17) is 9.84 Å². The molecule has 3 atom stereocenters. The molecule has 2 aliphatic heterocycles. The van der Waals surface area contributed by atoms with Crippen LogP contribution in [0.2, 0.25) is 0 Å². The number of alkyl halides is 1. The predicted octanol–water partition coefficient (Wildman–Crippen LogP) is 3.27. The zero-order valence-corrected chi connectivity index (χ0v) is 19.5. The monoisotopic (exact) mass is 490 g/mol. The molecule has 2 aromatic rings. The zero-order chi connectivity index (χ0) is 25.1. The van der Waals surface area contributed by atoms with Crippen LogP contribution in [0.1, 0.15) is 31.0 Å². The van der Waals surface area contributed by atoms with Crippen molar-refractivity contribution in [2.45, 2.75) is 38.6 Å². The Morgan fingerprint density at radius 3 is 2.51 bits per heavy atom. The topological polar surface area (TPSA) is 111 Å². The number of nitrogens with one attached hydrogen (secondary N) is 1. The molecule has 35 heavy (non-hydrogen) atoms. The van der Waals surface area contributed by atoms with E-state index in [9.17, 15) is 18.4 Å². The van der Waals surface area contributed by atoms with Crippen molar-refractivity contribution in [3.8, 4) is 0 Å². The van der Waals surface area contributed by atoms with Gasteiger partial charge in [0.05, 0.1) is 6.04 Å². The molecule has 2 amide bonds. The van der Waals surface area contributed by atoms with Crippen LogP contribution in [-0.4, -0.2) is 82.1 Å². The van der Waals surface area contributed by atoms with Crippen LogP contribution in [0.4, 0.5) is 30.1 Å². The second kappa shape index (κ2) is 10.4. The molecule has 3 heterocycles. The maximum atomic E-state index is 14.2. The Bertz CT molecular complexity index is 1060. The van der Waals surface area contributed by atoms with Crippen molar-refractivity contribution in [3.05, 3.63) is 47.4 Å². The minimum absolute atomic E-state index is 0.0298. The normalized spacial score (nSPS) is 20.5. The van der Waals surface area contributed by atoms with E-state index >= 15 is 0 Å². The third-order valence-electron chi connectivity index (χ3n) is 6.24. The Kier molecular flexibility index (Phi) is 7.29. The lowest BCUT2D eigenvalue weighted by Gasteiger charge is -2.33. The number of carbonyl (C=O) groups excluding carboxylic acids is 1. The molecule has 0 spiro atoms. The number of halogens is 2. The molecular weight excluding hydrogens is 462 g/mol. The number of carbonyl (C=O) groups is 2. The van der Waals surface area contributed by atoms with E-state index in [2.05, 4.69) is 20.2 Å². The third-order valence-corrected chi connectivity index (χ3v) is 6.24. The van der Waals surface area contributed by atoms with Gasteiger partial charge < -0.3 is 20.1 Å². The highest BCUT2D eigenvalue weighted by Crippen LogP contribution is 2.27. The molecule has 10 nitrogen and oxygen atoms in total. The molecule has 0 aliphatic carbocycles. The number of aromatic nitrogens is 2. The number of anilines is 2. The summed E-state index contributed by atoms with van der Waals surface area (Å²) >= 11 is 0. The van der Waals surface area contributed by atoms with Crippen molar-refractivity contribution in [2.24, 2.45) is 0 Å². The lowest BCUT2D eigenvalue weighted by Crippen LogP contribution is -2.47. The predicted molar refractivity (Wildman–Crippen MR) is 124 cm³/mol. The smallest absolute Gasteiger partial charge is 0.416 e. The summed E-state index contributed by atoms with van der Waals surface area (Å²) < 4.78 is 33.1. The number of cyclic esters (lactones) is 1. The van der Waals surface area contributed by atoms with Crippen LogP contribution in [0, 0.1) is 5.95 Å². The average molecular weight is 491 g/mol. The molecule has 1 aromatic carbocycles. The number of carboxylic acid groups (broad SMARTS) is 1. The first-order valence-electron chi connectivity index (χ1n) is 11.4. The summed E-state index contributed by atoms with van der Waals surface area (Å²) in [5.74, 6) is -0.951. The van der Waals surface area contributed by atoms with Crippen LogP contribution in [0.3, 0.4) is 0 Å². The van der Waals surface area contributed by atoms with Crippen LogP contribution in [0.25, 0.3) is 0 Å². The summed E-state index contributed by atoms with van der Waals surface area (Å²) in [6, 6.07) is 7.67. The molecule has 188 valence electrons. The van der Waals surface area contributed by atoms with Gasteiger partial charge in [-0.1, -0.05) is 24.3 Å². The lowest BCUT2D eigenvalue weighted by molar-refractivity contribution is 0.103. The van der Waals surface area contributed by atoms with E-state index < -0.39 is 30.3 Å². The highest BCUT2D eigenvalue weighted by molar-refractivity contribution is 5.89. The number of hydrogen-bond acceptors (Lipinski definition) is 7. The van der Waals surface area contributed by atoms with Gasteiger partial charge in [0.2, 0.25) is 11.9 Å². The van der Waals surface area contributed by atoms with Crippen LogP contribution < -0.4 is 10.2 Å². The molecule has 12 heteroatoms. The first kappa shape index (κ1) is 24.6. The van der Waals surface area contributed by atoms with Gasteiger partial charge in [-0.2, -0.15) is 14.4 Å². The third kappa shape index (κ3) is 5.76. The van der Waals surface area contributed by atoms with Crippen molar-refractivity contribution in [1.82, 2.24) is 19.8 Å². The summed E-state index contributed by atoms with van der Waals surface area (Å²) in [5, 5.41) is 12.1. The molecule has 1 aromatic heterocycles. The van der Waals surface area contributed by atoms with E-state index in [0.717, 1.165) is 22.1 Å². The lowest BCUT2D eigenvalue weighted by atomic mass is 10.1. The van der Waals surface area contributed by atoms with Crippen molar-refractivity contribution in [3.63, 3.8) is 0 Å². The van der Waals surface area contributed by atoms with Gasteiger partial charge in [0, 0.05) is 38.8 Å². The number of amides is 2. The molecule has 2 saturated heterocycles. The standard InChI is InChI=1S/C23H28F2N6O4/c1-14(24)18-13-35-23(34)31(18)20-11-19(25)27-21(28-20)26-15(2)17-5-3-16(4-6-17)12-29-7-9-30(10-8-29)22(32)33/h3-6,11,14-15,18H,7-10,12-13H2,1-2H3,(H,32,33)(H,26,27,28)/t14-,15-,18?/m0/s1. The Morgan fingerprint density at radius 2 is 1.89 bits per heavy atom. The molecule has 0 radical (unpaired) electrons. The Hall–Kier alpha value is -3.54. The minimum atomic E-state index is -1.38. The number of ether oxygens (including phenoxy) is 1. The molecule has 2 fully saturated rings. The fourth-order valence-electron chi connectivity index (χ4n) is 4.18. The maximum Gasteiger partial charge on any atom is 0.416 e. The van der Waals surface area contributed by atoms with E-state index in [1.54, 1.807) is 0 Å². The van der Waals surface area contributed by atoms with E-state index in [0.29, 0.717) is 32.7 Å².